The molecule has 4 heteroatoms. The van der Waals surface area contributed by atoms with Crippen molar-refractivity contribution in [2.75, 3.05) is 26.6 Å². The molecular weight excluding hydrogens is 226 g/mol. The number of ether oxygens (including phenoxy) is 1. The van der Waals surface area contributed by atoms with Gasteiger partial charge in [0.25, 0.3) is 0 Å². The van der Waals surface area contributed by atoms with Crippen molar-refractivity contribution in [3.63, 3.8) is 0 Å². The summed E-state index contributed by atoms with van der Waals surface area (Å²) in [6, 6.07) is 7.53. The third-order valence-corrected chi connectivity index (χ3v) is 2.55. The molecule has 1 aromatic rings. The Morgan fingerprint density at radius 3 is 2.75 bits per heavy atom. The summed E-state index contributed by atoms with van der Waals surface area (Å²) in [4.78, 5) is 13.4. The van der Waals surface area contributed by atoms with Gasteiger partial charge in [0.1, 0.15) is 5.75 Å². The van der Waals surface area contributed by atoms with Gasteiger partial charge in [-0.1, -0.05) is 18.2 Å². The van der Waals surface area contributed by atoms with Gasteiger partial charge in [0.05, 0.1) is 13.5 Å². The molecule has 0 N–H and O–H groups in total. The molecule has 0 aliphatic heterocycles. The standard InChI is InChI=1S/C12H16ClNO2/c1-14(8-7-13)12(15)9-10-5-3-4-6-11(10)16-2/h3-6H,7-9H2,1-2H3. The van der Waals surface area contributed by atoms with Crippen LogP contribution in [0.5, 0.6) is 5.75 Å². The van der Waals surface area contributed by atoms with Gasteiger partial charge in [-0.25, -0.2) is 0 Å². The fraction of sp³-hybridized carbons (Fsp3) is 0.417. The number of carbonyl (C=O) groups excluding carboxylic acids is 1. The Kier molecular flexibility index (Phi) is 5.12. The Bertz CT molecular complexity index is 355. The van der Waals surface area contributed by atoms with Crippen molar-refractivity contribution < 1.29 is 9.53 Å². The molecule has 0 heterocycles. The molecule has 0 spiro atoms. The predicted octanol–water partition coefficient (Wildman–Crippen LogP) is 1.93. The quantitative estimate of drug-likeness (QED) is 0.738. The summed E-state index contributed by atoms with van der Waals surface area (Å²) >= 11 is 5.58. The average Bonchev–Trinajstić information content (AvgIpc) is 2.30. The maximum Gasteiger partial charge on any atom is 0.226 e. The van der Waals surface area contributed by atoms with Gasteiger partial charge in [0, 0.05) is 25.0 Å². The van der Waals surface area contributed by atoms with Gasteiger partial charge in [0.15, 0.2) is 0 Å². The van der Waals surface area contributed by atoms with E-state index in [1.165, 1.54) is 0 Å². The van der Waals surface area contributed by atoms with Crippen LogP contribution in [0.3, 0.4) is 0 Å². The molecule has 0 saturated carbocycles. The van der Waals surface area contributed by atoms with Crippen molar-refractivity contribution in [1.82, 2.24) is 4.90 Å². The number of likely N-dealkylation sites (N-methyl/N-ethyl adjacent to an activating group) is 1. The van der Waals surface area contributed by atoms with Gasteiger partial charge < -0.3 is 9.64 Å². The molecule has 0 fully saturated rings. The zero-order valence-electron chi connectivity index (χ0n) is 9.57. The Labute approximate surface area is 101 Å². The van der Waals surface area contributed by atoms with E-state index in [1.54, 1.807) is 19.1 Å². The highest BCUT2D eigenvalue weighted by Gasteiger charge is 2.11. The van der Waals surface area contributed by atoms with Gasteiger partial charge in [0.2, 0.25) is 5.91 Å². The maximum absolute atomic E-state index is 11.8. The first kappa shape index (κ1) is 12.8. The monoisotopic (exact) mass is 241 g/mol. The molecule has 0 unspecified atom stereocenters. The molecule has 88 valence electrons. The molecule has 16 heavy (non-hydrogen) atoms. The first-order valence-electron chi connectivity index (χ1n) is 5.11. The van der Waals surface area contributed by atoms with Crippen LogP contribution in [0, 0.1) is 0 Å². The predicted molar refractivity (Wildman–Crippen MR) is 65.1 cm³/mol. The van der Waals surface area contributed by atoms with Crippen LogP contribution in [0.15, 0.2) is 24.3 Å². The molecule has 0 atom stereocenters. The molecule has 0 aliphatic carbocycles. The van der Waals surface area contributed by atoms with Gasteiger partial charge >= 0.3 is 0 Å². The highest BCUT2D eigenvalue weighted by molar-refractivity contribution is 6.18. The van der Waals surface area contributed by atoms with Crippen LogP contribution in [-0.2, 0) is 11.2 Å². The van der Waals surface area contributed by atoms with E-state index in [4.69, 9.17) is 16.3 Å². The van der Waals surface area contributed by atoms with Gasteiger partial charge in [-0.2, -0.15) is 0 Å². The van der Waals surface area contributed by atoms with Crippen molar-refractivity contribution in [2.45, 2.75) is 6.42 Å². The van der Waals surface area contributed by atoms with E-state index in [9.17, 15) is 4.79 Å². The molecule has 0 bridgehead atoms. The molecule has 0 aliphatic rings. The van der Waals surface area contributed by atoms with Gasteiger partial charge in [-0.05, 0) is 6.07 Å². The smallest absolute Gasteiger partial charge is 0.226 e. The summed E-state index contributed by atoms with van der Waals surface area (Å²) in [5.74, 6) is 1.24. The molecular formula is C12H16ClNO2. The summed E-state index contributed by atoms with van der Waals surface area (Å²) in [6.07, 6.45) is 0.345. The van der Waals surface area contributed by atoms with E-state index < -0.39 is 0 Å². The maximum atomic E-state index is 11.8. The molecule has 1 rings (SSSR count). The van der Waals surface area contributed by atoms with E-state index in [0.29, 0.717) is 18.8 Å². The fourth-order valence-corrected chi connectivity index (χ4v) is 1.65. The summed E-state index contributed by atoms with van der Waals surface area (Å²) in [5.41, 5.74) is 0.899. The van der Waals surface area contributed by atoms with E-state index in [2.05, 4.69) is 0 Å². The largest absolute Gasteiger partial charge is 0.496 e. The number of alkyl halides is 1. The zero-order chi connectivity index (χ0) is 12.0. The highest BCUT2D eigenvalue weighted by atomic mass is 35.5. The van der Waals surface area contributed by atoms with Gasteiger partial charge in [-0.15, -0.1) is 11.6 Å². The number of carbonyl (C=O) groups is 1. The minimum atomic E-state index is 0.0464. The topological polar surface area (TPSA) is 29.5 Å². The molecule has 0 aromatic heterocycles. The van der Waals surface area contributed by atoms with Crippen LogP contribution < -0.4 is 4.74 Å². The fourth-order valence-electron chi connectivity index (χ4n) is 1.40. The van der Waals surface area contributed by atoms with E-state index >= 15 is 0 Å². The second-order valence-corrected chi connectivity index (χ2v) is 3.87. The van der Waals surface area contributed by atoms with Crippen LogP contribution in [0.2, 0.25) is 0 Å². The first-order chi connectivity index (χ1) is 7.69. The Balaban J connectivity index is 2.69. The Hall–Kier alpha value is -1.22. The summed E-state index contributed by atoms with van der Waals surface area (Å²) in [5, 5.41) is 0. The van der Waals surface area contributed by atoms with E-state index in [-0.39, 0.29) is 5.91 Å². The number of para-hydroxylation sites is 1. The lowest BCUT2D eigenvalue weighted by Crippen LogP contribution is -2.30. The number of nitrogens with zero attached hydrogens (tertiary/aromatic N) is 1. The minimum Gasteiger partial charge on any atom is -0.496 e. The van der Waals surface area contributed by atoms with Crippen LogP contribution >= 0.6 is 11.6 Å². The lowest BCUT2D eigenvalue weighted by molar-refractivity contribution is -0.128. The summed E-state index contributed by atoms with van der Waals surface area (Å²) in [7, 11) is 3.35. The summed E-state index contributed by atoms with van der Waals surface area (Å²) < 4.78 is 5.19. The second kappa shape index (κ2) is 6.38. The molecule has 0 saturated heterocycles. The van der Waals surface area contributed by atoms with Crippen molar-refractivity contribution in [2.24, 2.45) is 0 Å². The van der Waals surface area contributed by atoms with Crippen molar-refractivity contribution in [3.05, 3.63) is 29.8 Å². The van der Waals surface area contributed by atoms with Gasteiger partial charge in [-0.3, -0.25) is 4.79 Å². The van der Waals surface area contributed by atoms with Crippen LogP contribution in [0.4, 0.5) is 0 Å². The lowest BCUT2D eigenvalue weighted by Gasteiger charge is -2.16. The zero-order valence-corrected chi connectivity index (χ0v) is 10.3. The van der Waals surface area contributed by atoms with Crippen LogP contribution in [0.25, 0.3) is 0 Å². The number of amides is 1. The van der Waals surface area contributed by atoms with Crippen LogP contribution in [-0.4, -0.2) is 37.4 Å². The second-order valence-electron chi connectivity index (χ2n) is 3.49. The number of hydrogen-bond donors (Lipinski definition) is 0. The van der Waals surface area contributed by atoms with Crippen molar-refractivity contribution in [3.8, 4) is 5.75 Å². The molecule has 3 nitrogen and oxygen atoms in total. The number of methoxy groups -OCH3 is 1. The lowest BCUT2D eigenvalue weighted by atomic mass is 10.1. The first-order valence-corrected chi connectivity index (χ1v) is 5.64. The number of benzene rings is 1. The highest BCUT2D eigenvalue weighted by Crippen LogP contribution is 2.18. The van der Waals surface area contributed by atoms with Crippen molar-refractivity contribution in [1.29, 1.82) is 0 Å². The number of halogens is 1. The normalized spacial score (nSPS) is 9.94. The summed E-state index contributed by atoms with van der Waals surface area (Å²) in [6.45, 7) is 0.565. The van der Waals surface area contributed by atoms with E-state index in [1.807, 2.05) is 24.3 Å². The molecule has 1 aromatic carbocycles. The number of hydrogen-bond acceptors (Lipinski definition) is 2. The minimum absolute atomic E-state index is 0.0464. The SMILES string of the molecule is COc1ccccc1CC(=O)N(C)CCCl. The van der Waals surface area contributed by atoms with Crippen molar-refractivity contribution >= 4 is 17.5 Å². The molecule has 1 amide bonds. The third kappa shape index (κ3) is 3.42. The number of rotatable bonds is 5. The average molecular weight is 242 g/mol. The Morgan fingerprint density at radius 2 is 2.12 bits per heavy atom. The van der Waals surface area contributed by atoms with Crippen LogP contribution in [0.1, 0.15) is 5.56 Å². The third-order valence-electron chi connectivity index (χ3n) is 2.38. The molecule has 0 radical (unpaired) electrons. The van der Waals surface area contributed by atoms with E-state index in [0.717, 1.165) is 11.3 Å². The Morgan fingerprint density at radius 1 is 1.44 bits per heavy atom.